The van der Waals surface area contributed by atoms with Gasteiger partial charge in [-0.2, -0.15) is 0 Å². The minimum absolute atomic E-state index is 0.151. The minimum Gasteiger partial charge on any atom is -0.352 e. The van der Waals surface area contributed by atoms with Gasteiger partial charge in [-0.15, -0.1) is 11.3 Å². The predicted molar refractivity (Wildman–Crippen MR) is 80.6 cm³/mol. The number of amides is 1. The SMILES string of the molecule is CN1CC(NC(=O)C(C)(C)C)CC(c2cccs2)C1. The van der Waals surface area contributed by atoms with E-state index in [9.17, 15) is 4.79 Å². The highest BCUT2D eigenvalue weighted by atomic mass is 32.1. The third kappa shape index (κ3) is 3.80. The molecule has 1 saturated heterocycles. The van der Waals surface area contributed by atoms with Crippen LogP contribution in [0.3, 0.4) is 0 Å². The fraction of sp³-hybridized carbons (Fsp3) is 0.667. The van der Waals surface area contributed by atoms with Crippen LogP contribution in [0.5, 0.6) is 0 Å². The second kappa shape index (κ2) is 5.63. The lowest BCUT2D eigenvalue weighted by molar-refractivity contribution is -0.129. The zero-order chi connectivity index (χ0) is 14.0. The highest BCUT2D eigenvalue weighted by Crippen LogP contribution is 2.30. The number of carbonyl (C=O) groups is 1. The molecule has 4 heteroatoms. The Morgan fingerprint density at radius 2 is 2.16 bits per heavy atom. The molecular formula is C15H24N2OS. The van der Waals surface area contributed by atoms with Crippen LogP contribution in [0, 0.1) is 5.41 Å². The van der Waals surface area contributed by atoms with E-state index >= 15 is 0 Å². The number of nitrogens with one attached hydrogen (secondary N) is 1. The summed E-state index contributed by atoms with van der Waals surface area (Å²) < 4.78 is 0. The first-order valence-corrected chi connectivity index (χ1v) is 7.77. The largest absolute Gasteiger partial charge is 0.352 e. The third-order valence-electron chi connectivity index (χ3n) is 3.60. The number of carbonyl (C=O) groups excluding carboxylic acids is 1. The number of hydrogen-bond donors (Lipinski definition) is 1. The van der Waals surface area contributed by atoms with E-state index in [1.165, 1.54) is 4.88 Å². The first-order chi connectivity index (χ1) is 8.86. The Bertz CT molecular complexity index is 422. The average Bonchev–Trinajstić information content (AvgIpc) is 2.80. The van der Waals surface area contributed by atoms with Crippen molar-refractivity contribution in [2.24, 2.45) is 5.41 Å². The van der Waals surface area contributed by atoms with Gasteiger partial charge in [0.25, 0.3) is 0 Å². The molecular weight excluding hydrogens is 256 g/mol. The van der Waals surface area contributed by atoms with Crippen LogP contribution in [0.25, 0.3) is 0 Å². The van der Waals surface area contributed by atoms with Crippen molar-refractivity contribution in [3.63, 3.8) is 0 Å². The Morgan fingerprint density at radius 3 is 2.74 bits per heavy atom. The molecule has 0 radical (unpaired) electrons. The monoisotopic (exact) mass is 280 g/mol. The first kappa shape index (κ1) is 14.5. The Hall–Kier alpha value is -0.870. The number of thiophene rings is 1. The van der Waals surface area contributed by atoms with Crippen LogP contribution in [0.2, 0.25) is 0 Å². The Kier molecular flexibility index (Phi) is 4.31. The highest BCUT2D eigenvalue weighted by molar-refractivity contribution is 7.10. The Balaban J connectivity index is 2.00. The van der Waals surface area contributed by atoms with Crippen LogP contribution < -0.4 is 5.32 Å². The van der Waals surface area contributed by atoms with E-state index in [4.69, 9.17) is 0 Å². The second-order valence-corrected chi connectivity index (χ2v) is 7.57. The molecule has 19 heavy (non-hydrogen) atoms. The molecule has 1 fully saturated rings. The smallest absolute Gasteiger partial charge is 0.225 e. The zero-order valence-electron chi connectivity index (χ0n) is 12.3. The van der Waals surface area contributed by atoms with Crippen molar-refractivity contribution in [3.05, 3.63) is 22.4 Å². The summed E-state index contributed by atoms with van der Waals surface area (Å²) >= 11 is 1.82. The van der Waals surface area contributed by atoms with E-state index in [0.29, 0.717) is 5.92 Å². The lowest BCUT2D eigenvalue weighted by Crippen LogP contribution is -2.51. The van der Waals surface area contributed by atoms with Gasteiger partial charge in [0.1, 0.15) is 0 Å². The predicted octanol–water partition coefficient (Wildman–Crippen LogP) is 2.70. The first-order valence-electron chi connectivity index (χ1n) is 6.89. The molecule has 2 rings (SSSR count). The summed E-state index contributed by atoms with van der Waals surface area (Å²) in [6.45, 7) is 7.93. The van der Waals surface area contributed by atoms with E-state index in [-0.39, 0.29) is 17.4 Å². The maximum Gasteiger partial charge on any atom is 0.225 e. The van der Waals surface area contributed by atoms with E-state index in [2.05, 4.69) is 34.8 Å². The van der Waals surface area contributed by atoms with Gasteiger partial charge in [0.2, 0.25) is 5.91 Å². The van der Waals surface area contributed by atoms with Crippen molar-refractivity contribution in [3.8, 4) is 0 Å². The number of rotatable bonds is 2. The highest BCUT2D eigenvalue weighted by Gasteiger charge is 2.30. The van der Waals surface area contributed by atoms with Crippen molar-refractivity contribution in [2.45, 2.75) is 39.2 Å². The number of likely N-dealkylation sites (tertiary alicyclic amines) is 1. The molecule has 1 aliphatic rings. The number of likely N-dealkylation sites (N-methyl/N-ethyl adjacent to an activating group) is 1. The normalized spacial score (nSPS) is 25.3. The Morgan fingerprint density at radius 1 is 1.42 bits per heavy atom. The fourth-order valence-corrected chi connectivity index (χ4v) is 3.39. The molecule has 0 bridgehead atoms. The molecule has 1 N–H and O–H groups in total. The number of piperidine rings is 1. The molecule has 0 aromatic carbocycles. The summed E-state index contributed by atoms with van der Waals surface area (Å²) in [5, 5.41) is 5.34. The van der Waals surface area contributed by atoms with Crippen LogP contribution in [-0.4, -0.2) is 37.0 Å². The third-order valence-corrected chi connectivity index (χ3v) is 4.63. The van der Waals surface area contributed by atoms with E-state index < -0.39 is 0 Å². The standard InChI is InChI=1S/C15H24N2OS/c1-15(2,3)14(18)16-12-8-11(9-17(4)10-12)13-6-5-7-19-13/h5-7,11-12H,8-10H2,1-4H3,(H,16,18). The molecule has 0 saturated carbocycles. The molecule has 1 aliphatic heterocycles. The van der Waals surface area contributed by atoms with Gasteiger partial charge in [-0.05, 0) is 24.9 Å². The lowest BCUT2D eigenvalue weighted by Gasteiger charge is -2.36. The number of hydrogen-bond acceptors (Lipinski definition) is 3. The van der Waals surface area contributed by atoms with Crippen LogP contribution in [0.4, 0.5) is 0 Å². The molecule has 1 aromatic rings. The molecule has 2 unspecified atom stereocenters. The van der Waals surface area contributed by atoms with E-state index in [1.807, 2.05) is 32.1 Å². The van der Waals surface area contributed by atoms with Crippen molar-refractivity contribution in [2.75, 3.05) is 20.1 Å². The maximum absolute atomic E-state index is 12.1. The molecule has 2 atom stereocenters. The molecule has 1 amide bonds. The minimum atomic E-state index is -0.311. The summed E-state index contributed by atoms with van der Waals surface area (Å²) in [6, 6.07) is 4.58. The Labute approximate surface area is 120 Å². The molecule has 1 aromatic heterocycles. The molecule has 0 aliphatic carbocycles. The van der Waals surface area contributed by atoms with Crippen molar-refractivity contribution >= 4 is 17.2 Å². The fourth-order valence-electron chi connectivity index (χ4n) is 2.56. The summed E-state index contributed by atoms with van der Waals surface area (Å²) in [5.41, 5.74) is -0.311. The van der Waals surface area contributed by atoms with Gasteiger partial charge in [-0.25, -0.2) is 0 Å². The quantitative estimate of drug-likeness (QED) is 0.903. The van der Waals surface area contributed by atoms with Crippen LogP contribution in [0.1, 0.15) is 38.0 Å². The van der Waals surface area contributed by atoms with Crippen LogP contribution >= 0.6 is 11.3 Å². The van der Waals surface area contributed by atoms with E-state index in [1.54, 1.807) is 0 Å². The molecule has 2 heterocycles. The lowest BCUT2D eigenvalue weighted by atomic mass is 9.91. The van der Waals surface area contributed by atoms with Gasteiger partial charge in [0, 0.05) is 35.3 Å². The van der Waals surface area contributed by atoms with Gasteiger partial charge in [0.15, 0.2) is 0 Å². The van der Waals surface area contributed by atoms with Crippen molar-refractivity contribution in [1.29, 1.82) is 0 Å². The topological polar surface area (TPSA) is 32.3 Å². The summed E-state index contributed by atoms with van der Waals surface area (Å²) in [4.78, 5) is 15.9. The maximum atomic E-state index is 12.1. The van der Waals surface area contributed by atoms with Gasteiger partial charge >= 0.3 is 0 Å². The van der Waals surface area contributed by atoms with E-state index in [0.717, 1.165) is 19.5 Å². The summed E-state index contributed by atoms with van der Waals surface area (Å²) in [6.07, 6.45) is 1.05. The van der Waals surface area contributed by atoms with Gasteiger partial charge in [0.05, 0.1) is 0 Å². The molecule has 3 nitrogen and oxygen atoms in total. The van der Waals surface area contributed by atoms with Crippen LogP contribution in [-0.2, 0) is 4.79 Å². The summed E-state index contributed by atoms with van der Waals surface area (Å²) in [7, 11) is 2.13. The van der Waals surface area contributed by atoms with Crippen LogP contribution in [0.15, 0.2) is 17.5 Å². The van der Waals surface area contributed by atoms with Gasteiger partial charge in [-0.3, -0.25) is 4.79 Å². The van der Waals surface area contributed by atoms with Crippen molar-refractivity contribution in [1.82, 2.24) is 10.2 Å². The van der Waals surface area contributed by atoms with Crippen molar-refractivity contribution < 1.29 is 4.79 Å². The van der Waals surface area contributed by atoms with Gasteiger partial charge in [-0.1, -0.05) is 26.8 Å². The second-order valence-electron chi connectivity index (χ2n) is 6.59. The summed E-state index contributed by atoms with van der Waals surface area (Å²) in [5.74, 6) is 0.696. The molecule has 0 spiro atoms. The zero-order valence-corrected chi connectivity index (χ0v) is 13.1. The number of nitrogens with zero attached hydrogens (tertiary/aromatic N) is 1. The average molecular weight is 280 g/mol. The molecule has 106 valence electrons. The van der Waals surface area contributed by atoms with Gasteiger partial charge < -0.3 is 10.2 Å².